The number of hydrogen-bond donors (Lipinski definition) is 0. The highest BCUT2D eigenvalue weighted by Crippen LogP contribution is 2.24. The number of carbonyl (C=O) groups excluding carboxylic acids is 1. The third-order valence-corrected chi connectivity index (χ3v) is 3.86. The molecule has 2 rings (SSSR count). The van der Waals surface area contributed by atoms with Gasteiger partial charge in [0.1, 0.15) is 6.26 Å². The maximum absolute atomic E-state index is 12.2. The summed E-state index contributed by atoms with van der Waals surface area (Å²) in [5.74, 6) is 1.66. The number of amides is 1. The summed E-state index contributed by atoms with van der Waals surface area (Å²) in [5, 5.41) is 0. The summed E-state index contributed by atoms with van der Waals surface area (Å²) in [6.45, 7) is 6.09. The molecule has 0 saturated carbocycles. The fraction of sp³-hybridized carbons (Fsp3) is 0.615. The van der Waals surface area contributed by atoms with Gasteiger partial charge in [-0.3, -0.25) is 4.79 Å². The first kappa shape index (κ1) is 12.6. The summed E-state index contributed by atoms with van der Waals surface area (Å²) in [5.41, 5.74) is 0. The number of rotatable bonds is 2. The van der Waals surface area contributed by atoms with E-state index in [1.807, 2.05) is 17.2 Å². The van der Waals surface area contributed by atoms with Crippen molar-refractivity contribution in [2.75, 3.05) is 19.3 Å². The van der Waals surface area contributed by atoms with Crippen LogP contribution >= 0.6 is 11.8 Å². The van der Waals surface area contributed by atoms with E-state index in [9.17, 15) is 4.79 Å². The predicted octanol–water partition coefficient (Wildman–Crippen LogP) is 3.12. The third-order valence-electron chi connectivity index (χ3n) is 3.18. The van der Waals surface area contributed by atoms with Gasteiger partial charge in [0.25, 0.3) is 5.91 Å². The van der Waals surface area contributed by atoms with Gasteiger partial charge < -0.3 is 9.32 Å². The Morgan fingerprint density at radius 3 is 2.59 bits per heavy atom. The average Bonchev–Trinajstić information content (AvgIpc) is 2.75. The van der Waals surface area contributed by atoms with E-state index in [1.54, 1.807) is 18.0 Å². The van der Waals surface area contributed by atoms with Crippen molar-refractivity contribution in [3.8, 4) is 0 Å². The van der Waals surface area contributed by atoms with Crippen LogP contribution in [-0.4, -0.2) is 30.2 Å². The summed E-state index contributed by atoms with van der Waals surface area (Å²) in [7, 11) is 0. The Hall–Kier alpha value is -0.900. The normalized spacial score (nSPS) is 25.0. The first-order valence-electron chi connectivity index (χ1n) is 6.02. The number of carbonyl (C=O) groups is 1. The molecule has 2 atom stereocenters. The molecular weight excluding hydrogens is 234 g/mol. The van der Waals surface area contributed by atoms with Crippen LogP contribution in [0.5, 0.6) is 0 Å². The van der Waals surface area contributed by atoms with Crippen LogP contribution in [0.25, 0.3) is 0 Å². The lowest BCUT2D eigenvalue weighted by Gasteiger charge is -2.34. The molecule has 4 heteroatoms. The quantitative estimate of drug-likeness (QED) is 0.759. The van der Waals surface area contributed by atoms with Gasteiger partial charge >= 0.3 is 0 Å². The molecule has 1 aliphatic heterocycles. The second-order valence-electron chi connectivity index (χ2n) is 5.01. The van der Waals surface area contributed by atoms with Gasteiger partial charge in [-0.1, -0.05) is 13.8 Å². The van der Waals surface area contributed by atoms with Crippen LogP contribution in [0.4, 0.5) is 0 Å². The van der Waals surface area contributed by atoms with E-state index in [2.05, 4.69) is 13.8 Å². The molecule has 0 aromatic carbocycles. The molecule has 1 amide bonds. The van der Waals surface area contributed by atoms with Gasteiger partial charge in [0, 0.05) is 24.1 Å². The topological polar surface area (TPSA) is 33.5 Å². The molecule has 1 aromatic heterocycles. The average molecular weight is 253 g/mol. The molecule has 2 heterocycles. The fourth-order valence-corrected chi connectivity index (χ4v) is 2.89. The first-order valence-corrected chi connectivity index (χ1v) is 7.24. The monoisotopic (exact) mass is 253 g/mol. The molecule has 1 aromatic rings. The highest BCUT2D eigenvalue weighted by Gasteiger charge is 2.27. The summed E-state index contributed by atoms with van der Waals surface area (Å²) in [6, 6.07) is 1.83. The molecule has 3 nitrogen and oxygen atoms in total. The van der Waals surface area contributed by atoms with Crippen molar-refractivity contribution in [3.63, 3.8) is 0 Å². The van der Waals surface area contributed by atoms with Gasteiger partial charge in [-0.05, 0) is 24.5 Å². The maximum atomic E-state index is 12.2. The minimum Gasteiger partial charge on any atom is -0.458 e. The Bertz CT molecular complexity index is 392. The lowest BCUT2D eigenvalue weighted by atomic mass is 9.92. The zero-order chi connectivity index (χ0) is 12.4. The minimum atomic E-state index is 0.0312. The van der Waals surface area contributed by atoms with Crippen molar-refractivity contribution >= 4 is 17.7 Å². The van der Waals surface area contributed by atoms with Gasteiger partial charge in [-0.2, -0.15) is 0 Å². The fourth-order valence-electron chi connectivity index (χ4n) is 2.52. The van der Waals surface area contributed by atoms with Gasteiger partial charge in [0.05, 0.1) is 0 Å². The van der Waals surface area contributed by atoms with E-state index in [0.29, 0.717) is 17.6 Å². The van der Waals surface area contributed by atoms with Crippen molar-refractivity contribution < 1.29 is 9.21 Å². The number of piperidine rings is 1. The standard InChI is InChI=1S/C13H19NO2S/c1-9-4-10(2)7-14(6-9)13(15)12-5-11(17-3)8-16-12/h5,8-10H,4,6-7H2,1-3H3. The van der Waals surface area contributed by atoms with Gasteiger partial charge in [-0.15, -0.1) is 11.8 Å². The highest BCUT2D eigenvalue weighted by atomic mass is 32.2. The van der Waals surface area contributed by atoms with Gasteiger partial charge in [-0.25, -0.2) is 0 Å². The van der Waals surface area contributed by atoms with E-state index in [4.69, 9.17) is 4.42 Å². The number of likely N-dealkylation sites (tertiary alicyclic amines) is 1. The number of nitrogens with zero attached hydrogens (tertiary/aromatic N) is 1. The van der Waals surface area contributed by atoms with Crippen molar-refractivity contribution in [3.05, 3.63) is 18.1 Å². The summed E-state index contributed by atoms with van der Waals surface area (Å²) in [6.07, 6.45) is 4.83. The first-order chi connectivity index (χ1) is 8.10. The SMILES string of the molecule is CSc1coc(C(=O)N2CC(C)CC(C)C2)c1. The zero-order valence-corrected chi connectivity index (χ0v) is 11.4. The third kappa shape index (κ3) is 2.86. The molecule has 0 spiro atoms. The van der Waals surface area contributed by atoms with E-state index in [-0.39, 0.29) is 5.91 Å². The van der Waals surface area contributed by atoms with Crippen molar-refractivity contribution in [1.82, 2.24) is 4.90 Å². The van der Waals surface area contributed by atoms with Crippen LogP contribution in [0, 0.1) is 11.8 Å². The lowest BCUT2D eigenvalue weighted by Crippen LogP contribution is -2.42. The summed E-state index contributed by atoms with van der Waals surface area (Å²) < 4.78 is 5.33. The molecule has 1 saturated heterocycles. The molecule has 94 valence electrons. The molecule has 0 radical (unpaired) electrons. The van der Waals surface area contributed by atoms with Crippen LogP contribution in [0.3, 0.4) is 0 Å². The Morgan fingerprint density at radius 2 is 2.06 bits per heavy atom. The Labute approximate surface area is 107 Å². The largest absolute Gasteiger partial charge is 0.458 e. The number of hydrogen-bond acceptors (Lipinski definition) is 3. The summed E-state index contributed by atoms with van der Waals surface area (Å²) in [4.78, 5) is 15.2. The van der Waals surface area contributed by atoms with Crippen molar-refractivity contribution in [2.24, 2.45) is 11.8 Å². The van der Waals surface area contributed by atoms with E-state index < -0.39 is 0 Å². The minimum absolute atomic E-state index is 0.0312. The second-order valence-corrected chi connectivity index (χ2v) is 5.89. The second kappa shape index (κ2) is 5.17. The molecule has 0 N–H and O–H groups in total. The van der Waals surface area contributed by atoms with Gasteiger partial charge in [0.15, 0.2) is 5.76 Å². The summed E-state index contributed by atoms with van der Waals surface area (Å²) >= 11 is 1.59. The van der Waals surface area contributed by atoms with Crippen molar-refractivity contribution in [2.45, 2.75) is 25.2 Å². The van der Waals surface area contributed by atoms with E-state index in [1.165, 1.54) is 6.42 Å². The smallest absolute Gasteiger partial charge is 0.289 e. The van der Waals surface area contributed by atoms with Crippen LogP contribution in [0.1, 0.15) is 30.8 Å². The van der Waals surface area contributed by atoms with Gasteiger partial charge in [0.2, 0.25) is 0 Å². The predicted molar refractivity (Wildman–Crippen MR) is 69.3 cm³/mol. The lowest BCUT2D eigenvalue weighted by molar-refractivity contribution is 0.0591. The molecule has 1 aliphatic rings. The molecule has 0 bridgehead atoms. The Balaban J connectivity index is 2.08. The zero-order valence-electron chi connectivity index (χ0n) is 10.6. The molecule has 0 aliphatic carbocycles. The van der Waals surface area contributed by atoms with E-state index in [0.717, 1.165) is 18.0 Å². The maximum Gasteiger partial charge on any atom is 0.289 e. The molecule has 2 unspecified atom stereocenters. The molecule has 1 fully saturated rings. The molecular formula is C13H19NO2S. The number of furan rings is 1. The van der Waals surface area contributed by atoms with Crippen LogP contribution in [0.15, 0.2) is 21.6 Å². The van der Waals surface area contributed by atoms with E-state index >= 15 is 0 Å². The molecule has 17 heavy (non-hydrogen) atoms. The van der Waals surface area contributed by atoms with Crippen LogP contribution in [0.2, 0.25) is 0 Å². The highest BCUT2D eigenvalue weighted by molar-refractivity contribution is 7.98. The Morgan fingerprint density at radius 1 is 1.41 bits per heavy atom. The van der Waals surface area contributed by atoms with Crippen molar-refractivity contribution in [1.29, 1.82) is 0 Å². The number of thioether (sulfide) groups is 1. The van der Waals surface area contributed by atoms with Crippen LogP contribution < -0.4 is 0 Å². The Kier molecular flexibility index (Phi) is 3.82. The van der Waals surface area contributed by atoms with Crippen LogP contribution in [-0.2, 0) is 0 Å².